The molecule has 0 saturated carbocycles. The zero-order valence-electron chi connectivity index (χ0n) is 13.6. The molecule has 0 fully saturated rings. The first-order valence-electron chi connectivity index (χ1n) is 7.34. The number of hydrogen-bond acceptors (Lipinski definition) is 2. The Morgan fingerprint density at radius 1 is 1.08 bits per heavy atom. The van der Waals surface area contributed by atoms with Gasteiger partial charge < -0.3 is 15.5 Å². The van der Waals surface area contributed by atoms with E-state index in [1.165, 1.54) is 0 Å². The third-order valence-corrected chi connectivity index (χ3v) is 3.63. The first-order chi connectivity index (χ1) is 11.6. The number of nitrogens with zero attached hydrogens (tertiary/aromatic N) is 1. The minimum atomic E-state index is -4.59. The zero-order chi connectivity index (χ0) is 18.6. The molecule has 2 aromatic rings. The summed E-state index contributed by atoms with van der Waals surface area (Å²) in [6.45, 7) is -0.0253. The minimum absolute atomic E-state index is 0.0253. The lowest BCUT2D eigenvalue weighted by Gasteiger charge is -2.15. The highest BCUT2D eigenvalue weighted by atomic mass is 32.1. The van der Waals surface area contributed by atoms with Gasteiger partial charge in [-0.1, -0.05) is 0 Å². The van der Waals surface area contributed by atoms with Crippen LogP contribution in [0.5, 0.6) is 0 Å². The highest BCUT2D eigenvalue weighted by molar-refractivity contribution is 7.80. The Balaban J connectivity index is 1.97. The van der Waals surface area contributed by atoms with Crippen LogP contribution < -0.4 is 15.5 Å². The summed E-state index contributed by atoms with van der Waals surface area (Å²) in [4.78, 5) is 1.95. The number of anilines is 2. The molecule has 2 aromatic carbocycles. The van der Waals surface area contributed by atoms with Gasteiger partial charge in [0.1, 0.15) is 5.82 Å². The van der Waals surface area contributed by atoms with Crippen molar-refractivity contribution in [3.63, 3.8) is 0 Å². The Morgan fingerprint density at radius 2 is 1.72 bits per heavy atom. The topological polar surface area (TPSA) is 27.3 Å². The van der Waals surface area contributed by atoms with E-state index in [1.54, 1.807) is 0 Å². The maximum absolute atomic E-state index is 13.4. The fraction of sp³-hybridized carbons (Fsp3) is 0.235. The molecule has 25 heavy (non-hydrogen) atoms. The molecule has 8 heteroatoms. The van der Waals surface area contributed by atoms with Gasteiger partial charge in [-0.25, -0.2) is 4.39 Å². The molecule has 3 nitrogen and oxygen atoms in total. The van der Waals surface area contributed by atoms with E-state index in [1.807, 2.05) is 43.3 Å². The highest BCUT2D eigenvalue weighted by Gasteiger charge is 2.31. The fourth-order valence-corrected chi connectivity index (χ4v) is 2.31. The second-order valence-corrected chi connectivity index (χ2v) is 6.00. The van der Waals surface area contributed by atoms with Crippen molar-refractivity contribution < 1.29 is 17.6 Å². The molecule has 0 aliphatic rings. The van der Waals surface area contributed by atoms with Gasteiger partial charge in [0.15, 0.2) is 5.11 Å². The monoisotopic (exact) mass is 371 g/mol. The molecule has 134 valence electrons. The van der Waals surface area contributed by atoms with E-state index in [2.05, 4.69) is 10.6 Å². The second kappa shape index (κ2) is 7.69. The lowest BCUT2D eigenvalue weighted by atomic mass is 10.1. The van der Waals surface area contributed by atoms with Crippen LogP contribution in [0.25, 0.3) is 0 Å². The van der Waals surface area contributed by atoms with Crippen LogP contribution in [0.1, 0.15) is 11.1 Å². The molecule has 0 aliphatic carbocycles. The third kappa shape index (κ3) is 5.60. The second-order valence-electron chi connectivity index (χ2n) is 5.59. The summed E-state index contributed by atoms with van der Waals surface area (Å²) >= 11 is 5.11. The summed E-state index contributed by atoms with van der Waals surface area (Å²) in [5.74, 6) is -0.940. The van der Waals surface area contributed by atoms with E-state index in [0.717, 1.165) is 23.5 Å². The quantitative estimate of drug-likeness (QED) is 0.616. The Bertz CT molecular complexity index is 743. The summed E-state index contributed by atoms with van der Waals surface area (Å²) in [6.07, 6.45) is -4.59. The van der Waals surface area contributed by atoms with Crippen molar-refractivity contribution in [2.45, 2.75) is 12.7 Å². The van der Waals surface area contributed by atoms with Crippen molar-refractivity contribution in [3.05, 3.63) is 59.4 Å². The maximum Gasteiger partial charge on any atom is 0.416 e. The van der Waals surface area contributed by atoms with Crippen LogP contribution in [0.2, 0.25) is 0 Å². The normalized spacial score (nSPS) is 11.1. The molecular formula is C17H17F4N3S. The summed E-state index contributed by atoms with van der Waals surface area (Å²) in [5, 5.41) is 5.92. The Kier molecular flexibility index (Phi) is 5.84. The molecule has 0 unspecified atom stereocenters. The van der Waals surface area contributed by atoms with Gasteiger partial charge in [0.05, 0.1) is 5.56 Å². The van der Waals surface area contributed by atoms with Crippen molar-refractivity contribution in [2.24, 2.45) is 0 Å². The largest absolute Gasteiger partial charge is 0.416 e. The molecule has 0 radical (unpaired) electrons. The van der Waals surface area contributed by atoms with Crippen LogP contribution in [0, 0.1) is 5.82 Å². The number of alkyl halides is 3. The molecule has 0 aromatic heterocycles. The van der Waals surface area contributed by atoms with Crippen LogP contribution in [0.4, 0.5) is 28.9 Å². The minimum Gasteiger partial charge on any atom is -0.378 e. The van der Waals surface area contributed by atoms with Crippen molar-refractivity contribution in [2.75, 3.05) is 24.3 Å². The summed E-state index contributed by atoms with van der Waals surface area (Å²) in [6, 6.07) is 9.84. The molecule has 0 spiro atoms. The van der Waals surface area contributed by atoms with Crippen molar-refractivity contribution in [1.29, 1.82) is 0 Å². The number of benzene rings is 2. The van der Waals surface area contributed by atoms with Crippen LogP contribution in [0.3, 0.4) is 0 Å². The Morgan fingerprint density at radius 3 is 2.28 bits per heavy atom. The smallest absolute Gasteiger partial charge is 0.378 e. The van der Waals surface area contributed by atoms with Gasteiger partial charge in [-0.05, 0) is 60.2 Å². The van der Waals surface area contributed by atoms with Gasteiger partial charge in [-0.2, -0.15) is 13.2 Å². The number of nitrogens with one attached hydrogen (secondary N) is 2. The van der Waals surface area contributed by atoms with Crippen molar-refractivity contribution >= 4 is 28.7 Å². The lowest BCUT2D eigenvalue weighted by molar-refractivity contribution is -0.137. The van der Waals surface area contributed by atoms with Crippen LogP contribution in [0.15, 0.2) is 42.5 Å². The molecule has 0 heterocycles. The lowest BCUT2D eigenvalue weighted by Crippen LogP contribution is -2.28. The maximum atomic E-state index is 13.4. The van der Waals surface area contributed by atoms with E-state index in [-0.39, 0.29) is 17.2 Å². The number of rotatable bonds is 4. The van der Waals surface area contributed by atoms with E-state index >= 15 is 0 Å². The number of hydrogen-bond donors (Lipinski definition) is 2. The van der Waals surface area contributed by atoms with E-state index < -0.39 is 17.6 Å². The van der Waals surface area contributed by atoms with Gasteiger partial charge >= 0.3 is 6.18 Å². The SMILES string of the molecule is CN(C)c1ccc(NC(=S)NCc2cc(F)cc(C(F)(F)F)c2)cc1. The van der Waals surface area contributed by atoms with Gasteiger partial charge in [-0.15, -0.1) is 0 Å². The highest BCUT2D eigenvalue weighted by Crippen LogP contribution is 2.30. The molecule has 0 atom stereocenters. The standard InChI is InChI=1S/C17H17F4N3S/c1-24(2)15-5-3-14(4-6-15)23-16(25)22-10-11-7-12(17(19,20)21)9-13(18)8-11/h3-9H,10H2,1-2H3,(H2,22,23,25). The number of halogens is 4. The van der Waals surface area contributed by atoms with Crippen molar-refractivity contribution in [3.8, 4) is 0 Å². The van der Waals surface area contributed by atoms with Crippen LogP contribution >= 0.6 is 12.2 Å². The van der Waals surface area contributed by atoms with Gasteiger partial charge in [-0.3, -0.25) is 0 Å². The predicted molar refractivity (Wildman–Crippen MR) is 95.2 cm³/mol. The number of thiocarbonyl (C=S) groups is 1. The average Bonchev–Trinajstić information content (AvgIpc) is 2.52. The molecule has 0 saturated heterocycles. The van der Waals surface area contributed by atoms with Gasteiger partial charge in [0.25, 0.3) is 0 Å². The van der Waals surface area contributed by atoms with Crippen LogP contribution in [-0.2, 0) is 12.7 Å². The van der Waals surface area contributed by atoms with E-state index in [4.69, 9.17) is 12.2 Å². The molecule has 2 rings (SSSR count). The first kappa shape index (κ1) is 19.0. The van der Waals surface area contributed by atoms with E-state index in [9.17, 15) is 17.6 Å². The molecule has 0 aliphatic heterocycles. The first-order valence-corrected chi connectivity index (χ1v) is 7.75. The summed E-state index contributed by atoms with van der Waals surface area (Å²) in [7, 11) is 3.84. The molecule has 0 bridgehead atoms. The Hall–Kier alpha value is -2.35. The molecule has 0 amide bonds. The third-order valence-electron chi connectivity index (χ3n) is 3.38. The zero-order valence-corrected chi connectivity index (χ0v) is 14.4. The average molecular weight is 371 g/mol. The Labute approximate surface area is 148 Å². The molecular weight excluding hydrogens is 354 g/mol. The van der Waals surface area contributed by atoms with Crippen LogP contribution in [-0.4, -0.2) is 19.2 Å². The summed E-state index contributed by atoms with van der Waals surface area (Å²) < 4.78 is 51.4. The van der Waals surface area contributed by atoms with Crippen molar-refractivity contribution in [1.82, 2.24) is 5.32 Å². The van der Waals surface area contributed by atoms with Gasteiger partial charge in [0, 0.05) is 32.0 Å². The van der Waals surface area contributed by atoms with Gasteiger partial charge in [0.2, 0.25) is 0 Å². The molecule has 2 N–H and O–H groups in total. The fourth-order valence-electron chi connectivity index (χ4n) is 2.12. The summed E-state index contributed by atoms with van der Waals surface area (Å²) in [5.41, 5.74) is 0.879. The van der Waals surface area contributed by atoms with E-state index in [0.29, 0.717) is 6.07 Å². The predicted octanol–water partition coefficient (Wildman–Crippen LogP) is 4.40.